The lowest BCUT2D eigenvalue weighted by molar-refractivity contribution is 0.0983. The summed E-state index contributed by atoms with van der Waals surface area (Å²) in [4.78, 5) is 18.0. The fourth-order valence-electron chi connectivity index (χ4n) is 2.26. The summed E-state index contributed by atoms with van der Waals surface area (Å²) in [6.07, 6.45) is 3.18. The molecule has 6 nitrogen and oxygen atoms in total. The number of hydrogen-bond donors (Lipinski definition) is 2. The van der Waals surface area contributed by atoms with Crippen molar-refractivity contribution in [3.05, 3.63) is 23.9 Å². The summed E-state index contributed by atoms with van der Waals surface area (Å²) in [5.74, 6) is 0.796. The van der Waals surface area contributed by atoms with Crippen molar-refractivity contribution in [2.75, 3.05) is 25.0 Å². The summed E-state index contributed by atoms with van der Waals surface area (Å²) >= 11 is 4.89. The van der Waals surface area contributed by atoms with E-state index in [-0.39, 0.29) is 6.09 Å². The summed E-state index contributed by atoms with van der Waals surface area (Å²) in [6, 6.07) is 4.02. The smallest absolute Gasteiger partial charge is 0.409 e. The molecule has 3 N–H and O–H groups in total. The molecule has 1 amide bonds. The average molecular weight is 308 g/mol. The zero-order valence-corrected chi connectivity index (χ0v) is 12.9. The number of carbonyl (C=O) groups is 1. The predicted octanol–water partition coefficient (Wildman–Crippen LogP) is 1.75. The monoisotopic (exact) mass is 308 g/mol. The van der Waals surface area contributed by atoms with E-state index in [1.165, 1.54) is 0 Å². The number of likely N-dealkylation sites (tertiary alicyclic amines) is 1. The van der Waals surface area contributed by atoms with Crippen LogP contribution in [0.15, 0.2) is 18.3 Å². The number of nitrogens with one attached hydrogen (secondary N) is 1. The number of aromatic nitrogens is 1. The number of nitrogens with two attached hydrogens (primary N) is 1. The van der Waals surface area contributed by atoms with Crippen LogP contribution < -0.4 is 11.1 Å². The van der Waals surface area contributed by atoms with Gasteiger partial charge in [-0.2, -0.15) is 0 Å². The normalized spacial score (nSPS) is 15.6. The van der Waals surface area contributed by atoms with Crippen LogP contribution in [0.5, 0.6) is 0 Å². The molecule has 1 aliphatic rings. The summed E-state index contributed by atoms with van der Waals surface area (Å²) in [7, 11) is 0. The van der Waals surface area contributed by atoms with E-state index >= 15 is 0 Å². The average Bonchev–Trinajstić information content (AvgIpc) is 2.49. The molecule has 0 bridgehead atoms. The van der Waals surface area contributed by atoms with E-state index in [4.69, 9.17) is 22.7 Å². The second-order valence-electron chi connectivity index (χ2n) is 4.90. The number of hydrogen-bond acceptors (Lipinski definition) is 5. The van der Waals surface area contributed by atoms with Gasteiger partial charge in [0.2, 0.25) is 0 Å². The first-order valence-corrected chi connectivity index (χ1v) is 7.45. The Bertz CT molecular complexity index is 498. The van der Waals surface area contributed by atoms with Gasteiger partial charge in [0.15, 0.2) is 0 Å². The lowest BCUT2D eigenvalue weighted by Gasteiger charge is -2.31. The maximum atomic E-state index is 11.6. The van der Waals surface area contributed by atoms with Gasteiger partial charge in [0.05, 0.1) is 6.61 Å². The SMILES string of the molecule is CCOC(=O)N1CCC(Nc2ccc(C(N)=S)cn2)CC1. The molecule has 0 aromatic carbocycles. The Hall–Kier alpha value is -1.89. The first kappa shape index (κ1) is 15.5. The number of thiocarbonyl (C=S) groups is 1. The molecule has 1 aromatic heterocycles. The van der Waals surface area contributed by atoms with E-state index in [2.05, 4.69) is 10.3 Å². The molecule has 0 unspecified atom stereocenters. The van der Waals surface area contributed by atoms with Gasteiger partial charge in [-0.1, -0.05) is 12.2 Å². The Morgan fingerprint density at radius 2 is 2.24 bits per heavy atom. The Labute approximate surface area is 129 Å². The van der Waals surface area contributed by atoms with Crippen molar-refractivity contribution in [3.63, 3.8) is 0 Å². The van der Waals surface area contributed by atoms with E-state index < -0.39 is 0 Å². The van der Waals surface area contributed by atoms with Crippen LogP contribution in [0.1, 0.15) is 25.3 Å². The van der Waals surface area contributed by atoms with E-state index in [1.54, 1.807) is 11.1 Å². The van der Waals surface area contributed by atoms with Crippen LogP contribution >= 0.6 is 12.2 Å². The molecule has 1 fully saturated rings. The summed E-state index contributed by atoms with van der Waals surface area (Å²) < 4.78 is 5.00. The Morgan fingerprint density at radius 1 is 1.52 bits per heavy atom. The second kappa shape index (κ2) is 7.21. The molecule has 0 spiro atoms. The zero-order chi connectivity index (χ0) is 15.2. The molecular weight excluding hydrogens is 288 g/mol. The topological polar surface area (TPSA) is 80.5 Å². The molecule has 0 aliphatic carbocycles. The van der Waals surface area contributed by atoms with Gasteiger partial charge >= 0.3 is 6.09 Å². The summed E-state index contributed by atoms with van der Waals surface area (Å²) in [5, 5.41) is 3.36. The first-order valence-electron chi connectivity index (χ1n) is 7.04. The number of pyridine rings is 1. The van der Waals surface area contributed by atoms with Crippen LogP contribution in [0, 0.1) is 0 Å². The van der Waals surface area contributed by atoms with Crippen LogP contribution in [0.2, 0.25) is 0 Å². The molecule has 114 valence electrons. The van der Waals surface area contributed by atoms with Crippen molar-refractivity contribution in [1.29, 1.82) is 0 Å². The maximum absolute atomic E-state index is 11.6. The molecule has 2 heterocycles. The number of carbonyl (C=O) groups excluding carboxylic acids is 1. The minimum Gasteiger partial charge on any atom is -0.450 e. The van der Waals surface area contributed by atoms with Crippen molar-refractivity contribution >= 4 is 29.1 Å². The molecule has 21 heavy (non-hydrogen) atoms. The standard InChI is InChI=1S/C14H20N4O2S/c1-2-20-14(19)18-7-5-11(6-8-18)17-12-4-3-10(9-16-12)13(15)21/h3-4,9,11H,2,5-8H2,1H3,(H2,15,21)(H,16,17). The third-order valence-corrected chi connectivity index (χ3v) is 3.66. The van der Waals surface area contributed by atoms with Crippen LogP contribution in [-0.4, -0.2) is 46.7 Å². The van der Waals surface area contributed by atoms with Gasteiger partial charge < -0.3 is 20.7 Å². The Balaban J connectivity index is 1.83. The van der Waals surface area contributed by atoms with Gasteiger partial charge in [-0.3, -0.25) is 0 Å². The van der Waals surface area contributed by atoms with Crippen LogP contribution in [0.3, 0.4) is 0 Å². The van der Waals surface area contributed by atoms with Crippen molar-refractivity contribution < 1.29 is 9.53 Å². The highest BCUT2D eigenvalue weighted by Gasteiger charge is 2.23. The van der Waals surface area contributed by atoms with E-state index in [1.807, 2.05) is 19.1 Å². The highest BCUT2D eigenvalue weighted by Crippen LogP contribution is 2.16. The molecule has 1 aliphatic heterocycles. The van der Waals surface area contributed by atoms with Crippen LogP contribution in [0.25, 0.3) is 0 Å². The maximum Gasteiger partial charge on any atom is 0.409 e. The minimum atomic E-state index is -0.227. The lowest BCUT2D eigenvalue weighted by atomic mass is 10.1. The molecule has 1 aromatic rings. The number of amides is 1. The van der Waals surface area contributed by atoms with E-state index in [0.29, 0.717) is 30.7 Å². The van der Waals surface area contributed by atoms with Gasteiger partial charge in [-0.15, -0.1) is 0 Å². The Morgan fingerprint density at radius 3 is 2.76 bits per heavy atom. The number of rotatable bonds is 4. The molecule has 0 saturated carbocycles. The summed E-state index contributed by atoms with van der Waals surface area (Å²) in [6.45, 7) is 3.62. The lowest BCUT2D eigenvalue weighted by Crippen LogP contribution is -2.42. The molecule has 1 saturated heterocycles. The van der Waals surface area contributed by atoms with Gasteiger partial charge in [0, 0.05) is 30.9 Å². The second-order valence-corrected chi connectivity index (χ2v) is 5.34. The Kier molecular flexibility index (Phi) is 5.32. The van der Waals surface area contributed by atoms with Crippen LogP contribution in [-0.2, 0) is 4.74 Å². The summed E-state index contributed by atoms with van der Waals surface area (Å²) in [5.41, 5.74) is 6.30. The van der Waals surface area contributed by atoms with Crippen LogP contribution in [0.4, 0.5) is 10.6 Å². The van der Waals surface area contributed by atoms with E-state index in [9.17, 15) is 4.79 Å². The minimum absolute atomic E-state index is 0.227. The molecule has 2 rings (SSSR count). The molecule has 0 radical (unpaired) electrons. The predicted molar refractivity (Wildman–Crippen MR) is 85.4 cm³/mol. The molecule has 0 atom stereocenters. The fraction of sp³-hybridized carbons (Fsp3) is 0.500. The van der Waals surface area contributed by atoms with Crippen molar-refractivity contribution in [2.24, 2.45) is 5.73 Å². The number of anilines is 1. The zero-order valence-electron chi connectivity index (χ0n) is 12.0. The quantitative estimate of drug-likeness (QED) is 0.825. The molecular formula is C14H20N4O2S. The van der Waals surface area contributed by atoms with Gasteiger partial charge in [0.1, 0.15) is 10.8 Å². The first-order chi connectivity index (χ1) is 10.1. The number of piperidine rings is 1. The van der Waals surface area contributed by atoms with Gasteiger partial charge in [-0.05, 0) is 31.9 Å². The third-order valence-electron chi connectivity index (χ3n) is 3.42. The van der Waals surface area contributed by atoms with Crippen molar-refractivity contribution in [3.8, 4) is 0 Å². The number of nitrogens with zero attached hydrogens (tertiary/aromatic N) is 2. The third kappa shape index (κ3) is 4.29. The van der Waals surface area contributed by atoms with E-state index in [0.717, 1.165) is 24.2 Å². The van der Waals surface area contributed by atoms with Crippen molar-refractivity contribution in [1.82, 2.24) is 9.88 Å². The number of ether oxygens (including phenoxy) is 1. The molecule has 7 heteroatoms. The largest absolute Gasteiger partial charge is 0.450 e. The van der Waals surface area contributed by atoms with Crippen molar-refractivity contribution in [2.45, 2.75) is 25.8 Å². The van der Waals surface area contributed by atoms with Gasteiger partial charge in [-0.25, -0.2) is 9.78 Å². The highest BCUT2D eigenvalue weighted by molar-refractivity contribution is 7.80. The van der Waals surface area contributed by atoms with Gasteiger partial charge in [0.25, 0.3) is 0 Å². The highest BCUT2D eigenvalue weighted by atomic mass is 32.1. The fourth-order valence-corrected chi connectivity index (χ4v) is 2.38.